The van der Waals surface area contributed by atoms with E-state index in [9.17, 15) is 4.79 Å². The first-order chi connectivity index (χ1) is 9.36. The van der Waals surface area contributed by atoms with Gasteiger partial charge >= 0.3 is 0 Å². The number of carbonyl (C=O) groups excluding carboxylic acids is 1. The van der Waals surface area contributed by atoms with Gasteiger partial charge in [0, 0.05) is 22.0 Å². The molecule has 3 heteroatoms. The molecule has 0 aromatic heterocycles. The van der Waals surface area contributed by atoms with Crippen LogP contribution in [0.25, 0.3) is 0 Å². The Labute approximate surface area is 129 Å². The topological polar surface area (TPSA) is 17.1 Å². The third-order valence-electron chi connectivity index (χ3n) is 3.36. The summed E-state index contributed by atoms with van der Waals surface area (Å²) in [4.78, 5) is 12.4. The number of rotatable bonds is 3. The van der Waals surface area contributed by atoms with Gasteiger partial charge in [-0.15, -0.1) is 0 Å². The van der Waals surface area contributed by atoms with E-state index in [1.54, 1.807) is 18.2 Å². The van der Waals surface area contributed by atoms with Gasteiger partial charge in [-0.1, -0.05) is 40.9 Å². The first kappa shape index (κ1) is 15.1. The van der Waals surface area contributed by atoms with Crippen LogP contribution in [0.4, 0.5) is 0 Å². The van der Waals surface area contributed by atoms with Gasteiger partial charge in [0.2, 0.25) is 0 Å². The average Bonchev–Trinajstić information content (AvgIpc) is 2.32. The molecular formula is C17H16Cl2O. The summed E-state index contributed by atoms with van der Waals surface area (Å²) in [6.07, 6.45) is 0.370. The molecular weight excluding hydrogens is 291 g/mol. The van der Waals surface area contributed by atoms with Crippen molar-refractivity contribution in [2.24, 2.45) is 0 Å². The largest absolute Gasteiger partial charge is 0.294 e. The van der Waals surface area contributed by atoms with Crippen molar-refractivity contribution >= 4 is 29.0 Å². The van der Waals surface area contributed by atoms with Crippen LogP contribution in [0, 0.1) is 20.8 Å². The zero-order chi connectivity index (χ0) is 14.9. The number of carbonyl (C=O) groups is 1. The quantitative estimate of drug-likeness (QED) is 0.699. The highest BCUT2D eigenvalue weighted by Gasteiger charge is 2.12. The fraction of sp³-hybridized carbons (Fsp3) is 0.235. The second kappa shape index (κ2) is 5.99. The lowest BCUT2D eigenvalue weighted by Crippen LogP contribution is -2.07. The third kappa shape index (κ3) is 3.41. The average molecular weight is 307 g/mol. The monoisotopic (exact) mass is 306 g/mol. The maximum Gasteiger partial charge on any atom is 0.167 e. The molecule has 0 amide bonds. The fourth-order valence-corrected chi connectivity index (χ4v) is 2.99. The Bertz CT molecular complexity index is 631. The van der Waals surface area contributed by atoms with Gasteiger partial charge in [-0.25, -0.2) is 0 Å². The summed E-state index contributed by atoms with van der Waals surface area (Å²) in [5.74, 6) is 0.0319. The molecule has 2 rings (SSSR count). The summed E-state index contributed by atoms with van der Waals surface area (Å²) in [5.41, 5.74) is 5.13. The van der Waals surface area contributed by atoms with Crippen molar-refractivity contribution in [3.8, 4) is 0 Å². The summed E-state index contributed by atoms with van der Waals surface area (Å²) in [6.45, 7) is 6.13. The molecule has 0 spiro atoms. The van der Waals surface area contributed by atoms with E-state index in [1.165, 1.54) is 5.56 Å². The molecule has 0 unspecified atom stereocenters. The highest BCUT2D eigenvalue weighted by molar-refractivity contribution is 6.35. The van der Waals surface area contributed by atoms with E-state index in [2.05, 4.69) is 19.1 Å². The van der Waals surface area contributed by atoms with Crippen LogP contribution in [-0.2, 0) is 6.42 Å². The van der Waals surface area contributed by atoms with Crippen LogP contribution in [-0.4, -0.2) is 5.78 Å². The van der Waals surface area contributed by atoms with E-state index < -0.39 is 0 Å². The van der Waals surface area contributed by atoms with E-state index >= 15 is 0 Å². The summed E-state index contributed by atoms with van der Waals surface area (Å²) >= 11 is 11.9. The lowest BCUT2D eigenvalue weighted by molar-refractivity contribution is 0.0992. The highest BCUT2D eigenvalue weighted by atomic mass is 35.5. The summed E-state index contributed by atoms with van der Waals surface area (Å²) in [7, 11) is 0. The third-order valence-corrected chi connectivity index (χ3v) is 3.80. The number of benzene rings is 2. The molecule has 2 aromatic carbocycles. The van der Waals surface area contributed by atoms with Gasteiger partial charge in [-0.05, 0) is 55.7 Å². The van der Waals surface area contributed by atoms with E-state index in [4.69, 9.17) is 23.2 Å². The summed E-state index contributed by atoms with van der Waals surface area (Å²) < 4.78 is 0. The summed E-state index contributed by atoms with van der Waals surface area (Å²) in [6, 6.07) is 9.15. The molecule has 104 valence electrons. The second-order valence-electron chi connectivity index (χ2n) is 5.14. The molecule has 0 N–H and O–H groups in total. The molecule has 0 fully saturated rings. The number of Topliss-reactive ketones (excluding diaryl/α,β-unsaturated/α-hetero) is 1. The normalized spacial score (nSPS) is 10.7. The van der Waals surface area contributed by atoms with Crippen molar-refractivity contribution in [1.29, 1.82) is 0 Å². The molecule has 0 heterocycles. The number of aryl methyl sites for hydroxylation is 3. The minimum Gasteiger partial charge on any atom is -0.294 e. The Morgan fingerprint density at radius 3 is 1.90 bits per heavy atom. The Hall–Kier alpha value is -1.31. The van der Waals surface area contributed by atoms with Gasteiger partial charge in [-0.3, -0.25) is 4.79 Å². The zero-order valence-electron chi connectivity index (χ0n) is 11.8. The van der Waals surface area contributed by atoms with Crippen LogP contribution in [0.5, 0.6) is 0 Å². The number of hydrogen-bond donors (Lipinski definition) is 0. The first-order valence-electron chi connectivity index (χ1n) is 6.43. The van der Waals surface area contributed by atoms with Crippen LogP contribution in [0.2, 0.25) is 10.0 Å². The smallest absolute Gasteiger partial charge is 0.167 e. The maximum absolute atomic E-state index is 12.4. The van der Waals surface area contributed by atoms with Crippen molar-refractivity contribution in [1.82, 2.24) is 0 Å². The van der Waals surface area contributed by atoms with Crippen molar-refractivity contribution < 1.29 is 4.79 Å². The molecule has 0 aliphatic carbocycles. The highest BCUT2D eigenvalue weighted by Crippen LogP contribution is 2.22. The lowest BCUT2D eigenvalue weighted by atomic mass is 9.94. The standard InChI is InChI=1S/C17H16Cl2O/c1-10-4-11(2)16(12(3)5-10)9-17(20)13-6-14(18)8-15(19)7-13/h4-8H,9H2,1-3H3. The van der Waals surface area contributed by atoms with Gasteiger partial charge in [0.25, 0.3) is 0 Å². The molecule has 2 aromatic rings. The van der Waals surface area contributed by atoms with E-state index in [0.717, 1.165) is 16.7 Å². The molecule has 0 atom stereocenters. The SMILES string of the molecule is Cc1cc(C)c(CC(=O)c2cc(Cl)cc(Cl)c2)c(C)c1. The van der Waals surface area contributed by atoms with Crippen molar-refractivity contribution in [2.45, 2.75) is 27.2 Å². The van der Waals surface area contributed by atoms with Crippen LogP contribution < -0.4 is 0 Å². The lowest BCUT2D eigenvalue weighted by Gasteiger charge is -2.11. The minimum absolute atomic E-state index is 0.0319. The Morgan fingerprint density at radius 1 is 0.900 bits per heavy atom. The Kier molecular flexibility index (Phi) is 4.52. The van der Waals surface area contributed by atoms with Gasteiger partial charge in [0.15, 0.2) is 5.78 Å². The fourth-order valence-electron chi connectivity index (χ4n) is 2.47. The molecule has 0 radical (unpaired) electrons. The van der Waals surface area contributed by atoms with Crippen molar-refractivity contribution in [3.63, 3.8) is 0 Å². The molecule has 1 nitrogen and oxygen atoms in total. The predicted octanol–water partition coefficient (Wildman–Crippen LogP) is 5.34. The maximum atomic E-state index is 12.4. The van der Waals surface area contributed by atoms with Crippen molar-refractivity contribution in [3.05, 3.63) is 68.2 Å². The van der Waals surface area contributed by atoms with Gasteiger partial charge in [0.05, 0.1) is 0 Å². The number of ketones is 1. The molecule has 0 saturated heterocycles. The van der Waals surface area contributed by atoms with Gasteiger partial charge in [-0.2, -0.15) is 0 Å². The first-order valence-corrected chi connectivity index (χ1v) is 7.18. The van der Waals surface area contributed by atoms with Crippen LogP contribution in [0.3, 0.4) is 0 Å². The molecule has 0 saturated carbocycles. The zero-order valence-corrected chi connectivity index (χ0v) is 13.3. The van der Waals surface area contributed by atoms with Crippen LogP contribution >= 0.6 is 23.2 Å². The Balaban J connectivity index is 2.32. The predicted molar refractivity (Wildman–Crippen MR) is 85.1 cm³/mol. The van der Waals surface area contributed by atoms with E-state index in [-0.39, 0.29) is 5.78 Å². The molecule has 0 bridgehead atoms. The van der Waals surface area contributed by atoms with E-state index in [0.29, 0.717) is 22.0 Å². The molecule has 0 aliphatic rings. The molecule has 20 heavy (non-hydrogen) atoms. The minimum atomic E-state index is 0.0319. The van der Waals surface area contributed by atoms with Crippen LogP contribution in [0.1, 0.15) is 32.6 Å². The summed E-state index contributed by atoms with van der Waals surface area (Å²) in [5, 5.41) is 0.969. The van der Waals surface area contributed by atoms with E-state index in [1.807, 2.05) is 13.8 Å². The van der Waals surface area contributed by atoms with Crippen LogP contribution in [0.15, 0.2) is 30.3 Å². The Morgan fingerprint density at radius 2 is 1.40 bits per heavy atom. The molecule has 0 aliphatic heterocycles. The van der Waals surface area contributed by atoms with Gasteiger partial charge in [0.1, 0.15) is 0 Å². The second-order valence-corrected chi connectivity index (χ2v) is 6.01. The van der Waals surface area contributed by atoms with Gasteiger partial charge < -0.3 is 0 Å². The number of halogens is 2. The number of hydrogen-bond acceptors (Lipinski definition) is 1. The van der Waals surface area contributed by atoms with Crippen molar-refractivity contribution in [2.75, 3.05) is 0 Å².